The maximum atomic E-state index is 12.7. The quantitative estimate of drug-likeness (QED) is 0.600. The van der Waals surface area contributed by atoms with Crippen LogP contribution in [0.5, 0.6) is 5.75 Å². The monoisotopic (exact) mass is 470 g/mol. The topological polar surface area (TPSA) is 84.5 Å². The SMILES string of the molecule is Cc1cc(S(=O)(=O)NC2CCCCC2)ccc1OCC(=O)Nc1c(Cl)cccc1Cl. The van der Waals surface area contributed by atoms with Gasteiger partial charge >= 0.3 is 0 Å². The molecule has 0 unspecified atom stereocenters. The van der Waals surface area contributed by atoms with Crippen molar-refractivity contribution < 1.29 is 17.9 Å². The van der Waals surface area contributed by atoms with Gasteiger partial charge in [-0.25, -0.2) is 13.1 Å². The van der Waals surface area contributed by atoms with Gasteiger partial charge in [-0.05, 0) is 55.7 Å². The van der Waals surface area contributed by atoms with Crippen LogP contribution in [0.2, 0.25) is 10.0 Å². The fourth-order valence-corrected chi connectivity index (χ4v) is 5.28. The lowest BCUT2D eigenvalue weighted by Gasteiger charge is -2.22. The van der Waals surface area contributed by atoms with Crippen LogP contribution in [0.4, 0.5) is 5.69 Å². The van der Waals surface area contributed by atoms with E-state index in [1.165, 1.54) is 6.07 Å². The van der Waals surface area contributed by atoms with E-state index in [1.807, 2.05) is 0 Å². The second-order valence-electron chi connectivity index (χ2n) is 7.32. The summed E-state index contributed by atoms with van der Waals surface area (Å²) >= 11 is 12.1. The van der Waals surface area contributed by atoms with Gasteiger partial charge in [-0.1, -0.05) is 48.5 Å². The van der Waals surface area contributed by atoms with Crippen LogP contribution in [-0.2, 0) is 14.8 Å². The van der Waals surface area contributed by atoms with Gasteiger partial charge in [0.15, 0.2) is 6.61 Å². The predicted molar refractivity (Wildman–Crippen MR) is 119 cm³/mol. The highest BCUT2D eigenvalue weighted by Gasteiger charge is 2.22. The number of anilines is 1. The number of carbonyl (C=O) groups excluding carboxylic acids is 1. The number of benzene rings is 2. The van der Waals surface area contributed by atoms with Gasteiger partial charge in [0.25, 0.3) is 5.91 Å². The van der Waals surface area contributed by atoms with E-state index in [0.717, 1.165) is 32.1 Å². The first-order valence-corrected chi connectivity index (χ1v) is 12.0. The molecular weight excluding hydrogens is 447 g/mol. The van der Waals surface area contributed by atoms with Crippen molar-refractivity contribution in [2.45, 2.75) is 50.0 Å². The molecule has 0 aliphatic heterocycles. The van der Waals surface area contributed by atoms with Crippen molar-refractivity contribution in [3.63, 3.8) is 0 Å². The van der Waals surface area contributed by atoms with Crippen LogP contribution < -0.4 is 14.8 Å². The Labute approximate surface area is 187 Å². The van der Waals surface area contributed by atoms with Crippen LogP contribution in [0.25, 0.3) is 0 Å². The number of nitrogens with one attached hydrogen (secondary N) is 2. The molecule has 6 nitrogen and oxygen atoms in total. The van der Waals surface area contributed by atoms with E-state index in [-0.39, 0.29) is 17.5 Å². The van der Waals surface area contributed by atoms with Crippen molar-refractivity contribution in [1.29, 1.82) is 0 Å². The summed E-state index contributed by atoms with van der Waals surface area (Å²) in [5, 5.41) is 3.27. The summed E-state index contributed by atoms with van der Waals surface area (Å²) < 4.78 is 33.7. The standard InChI is InChI=1S/C21H24Cl2N2O4S/c1-14-12-16(30(27,28)25-15-6-3-2-4-7-15)10-11-19(14)29-13-20(26)24-21-17(22)8-5-9-18(21)23/h5,8-12,15,25H,2-4,6-7,13H2,1H3,(H,24,26). The lowest BCUT2D eigenvalue weighted by atomic mass is 9.96. The molecule has 0 heterocycles. The largest absolute Gasteiger partial charge is 0.483 e. The number of halogens is 2. The summed E-state index contributed by atoms with van der Waals surface area (Å²) in [7, 11) is -3.59. The van der Waals surface area contributed by atoms with Crippen molar-refractivity contribution in [3.05, 3.63) is 52.0 Å². The van der Waals surface area contributed by atoms with Crippen LogP contribution in [0.1, 0.15) is 37.7 Å². The van der Waals surface area contributed by atoms with Crippen molar-refractivity contribution in [1.82, 2.24) is 4.72 Å². The molecule has 0 atom stereocenters. The van der Waals surface area contributed by atoms with E-state index in [4.69, 9.17) is 27.9 Å². The minimum absolute atomic E-state index is 0.0136. The Bertz CT molecular complexity index is 1000. The number of carbonyl (C=O) groups is 1. The molecule has 0 radical (unpaired) electrons. The molecule has 0 aromatic heterocycles. The number of amides is 1. The molecule has 1 saturated carbocycles. The smallest absolute Gasteiger partial charge is 0.262 e. The number of ether oxygens (including phenoxy) is 1. The van der Waals surface area contributed by atoms with E-state index in [2.05, 4.69) is 10.0 Å². The lowest BCUT2D eigenvalue weighted by Crippen LogP contribution is -2.36. The van der Waals surface area contributed by atoms with Crippen LogP contribution in [0.15, 0.2) is 41.3 Å². The molecule has 2 aromatic rings. The maximum absolute atomic E-state index is 12.7. The van der Waals surface area contributed by atoms with Crippen molar-refractivity contribution in [3.8, 4) is 5.75 Å². The number of aryl methyl sites for hydroxylation is 1. The molecule has 3 rings (SSSR count). The van der Waals surface area contributed by atoms with E-state index in [1.54, 1.807) is 37.3 Å². The van der Waals surface area contributed by atoms with Crippen LogP contribution in [0.3, 0.4) is 0 Å². The number of hydrogen-bond donors (Lipinski definition) is 2. The van der Waals surface area contributed by atoms with Gasteiger partial charge in [0.05, 0.1) is 20.6 Å². The minimum Gasteiger partial charge on any atom is -0.483 e. The van der Waals surface area contributed by atoms with Gasteiger partial charge in [-0.3, -0.25) is 4.79 Å². The fourth-order valence-electron chi connectivity index (χ4n) is 3.39. The fraction of sp³-hybridized carbons (Fsp3) is 0.381. The van der Waals surface area contributed by atoms with Gasteiger partial charge in [-0.15, -0.1) is 0 Å². The average Bonchev–Trinajstić information content (AvgIpc) is 2.70. The second kappa shape index (κ2) is 10.0. The lowest BCUT2D eigenvalue weighted by molar-refractivity contribution is -0.118. The molecule has 2 N–H and O–H groups in total. The van der Waals surface area contributed by atoms with Gasteiger partial charge in [0.1, 0.15) is 5.75 Å². The molecule has 1 aliphatic carbocycles. The maximum Gasteiger partial charge on any atom is 0.262 e. The molecule has 162 valence electrons. The Hall–Kier alpha value is -1.80. The third kappa shape index (κ3) is 5.88. The number of rotatable bonds is 7. The molecule has 0 saturated heterocycles. The Kier molecular flexibility index (Phi) is 7.63. The Morgan fingerprint density at radius 3 is 2.40 bits per heavy atom. The Balaban J connectivity index is 1.61. The van der Waals surface area contributed by atoms with E-state index >= 15 is 0 Å². The van der Waals surface area contributed by atoms with E-state index < -0.39 is 15.9 Å². The van der Waals surface area contributed by atoms with E-state index in [9.17, 15) is 13.2 Å². The molecule has 1 fully saturated rings. The highest BCUT2D eigenvalue weighted by atomic mass is 35.5. The van der Waals surface area contributed by atoms with Gasteiger partial charge in [0, 0.05) is 6.04 Å². The first kappa shape index (κ1) is 22.9. The van der Waals surface area contributed by atoms with Crippen molar-refractivity contribution in [2.75, 3.05) is 11.9 Å². The molecular formula is C21H24Cl2N2O4S. The normalized spacial score (nSPS) is 15.0. The summed E-state index contributed by atoms with van der Waals surface area (Å²) in [5.74, 6) is -0.00733. The molecule has 30 heavy (non-hydrogen) atoms. The van der Waals surface area contributed by atoms with Crippen LogP contribution in [0, 0.1) is 6.92 Å². The minimum atomic E-state index is -3.59. The van der Waals surface area contributed by atoms with Gasteiger partial charge in [0.2, 0.25) is 10.0 Å². The third-order valence-electron chi connectivity index (χ3n) is 4.97. The van der Waals surface area contributed by atoms with Crippen molar-refractivity contribution >= 4 is 44.8 Å². The predicted octanol–water partition coefficient (Wildman–Crippen LogP) is 4.93. The average molecular weight is 471 g/mol. The first-order valence-electron chi connectivity index (χ1n) is 9.76. The van der Waals surface area contributed by atoms with Crippen LogP contribution >= 0.6 is 23.2 Å². The molecule has 0 spiro atoms. The third-order valence-corrected chi connectivity index (χ3v) is 7.12. The summed E-state index contributed by atoms with van der Waals surface area (Å²) in [5.41, 5.74) is 0.937. The molecule has 2 aromatic carbocycles. The Morgan fingerprint density at radius 1 is 1.10 bits per heavy atom. The van der Waals surface area contributed by atoms with E-state index in [0.29, 0.717) is 27.0 Å². The molecule has 9 heteroatoms. The van der Waals surface area contributed by atoms with Crippen LogP contribution in [-0.4, -0.2) is 27.0 Å². The highest BCUT2D eigenvalue weighted by molar-refractivity contribution is 7.89. The zero-order chi connectivity index (χ0) is 21.7. The van der Waals surface area contributed by atoms with Gasteiger partial charge in [-0.2, -0.15) is 0 Å². The number of para-hydroxylation sites is 1. The zero-order valence-corrected chi connectivity index (χ0v) is 18.9. The molecule has 1 amide bonds. The Morgan fingerprint density at radius 2 is 1.77 bits per heavy atom. The molecule has 0 bridgehead atoms. The second-order valence-corrected chi connectivity index (χ2v) is 9.85. The first-order chi connectivity index (χ1) is 14.3. The summed E-state index contributed by atoms with van der Waals surface area (Å²) in [4.78, 5) is 12.4. The number of sulfonamides is 1. The highest BCUT2D eigenvalue weighted by Crippen LogP contribution is 2.30. The summed E-state index contributed by atoms with van der Waals surface area (Å²) in [6.07, 6.45) is 4.97. The van der Waals surface area contributed by atoms with Crippen molar-refractivity contribution in [2.24, 2.45) is 0 Å². The summed E-state index contributed by atoms with van der Waals surface area (Å²) in [6.45, 7) is 1.46. The molecule has 1 aliphatic rings. The van der Waals surface area contributed by atoms with Gasteiger partial charge < -0.3 is 10.1 Å². The summed E-state index contributed by atoms with van der Waals surface area (Å²) in [6, 6.07) is 9.49. The zero-order valence-electron chi connectivity index (χ0n) is 16.6. The number of hydrogen-bond acceptors (Lipinski definition) is 4.